The Kier molecular flexibility index (Phi) is 6.47. The summed E-state index contributed by atoms with van der Waals surface area (Å²) in [5.74, 6) is -5.32. The summed E-state index contributed by atoms with van der Waals surface area (Å²) < 4.78 is 56.9. The molecular formula is C29H24F4N6O2. The molecule has 2 amide bonds. The van der Waals surface area contributed by atoms with Crippen molar-refractivity contribution in [3.05, 3.63) is 95.5 Å². The minimum atomic E-state index is -1.61. The highest BCUT2D eigenvalue weighted by Gasteiger charge is 2.51. The minimum absolute atomic E-state index is 0.00633. The topological polar surface area (TPSA) is 83.4 Å². The number of aryl methyl sites for hydroxylation is 1. The number of aromatic nitrogens is 3. The van der Waals surface area contributed by atoms with Gasteiger partial charge in [-0.3, -0.25) is 14.6 Å². The van der Waals surface area contributed by atoms with Gasteiger partial charge in [-0.1, -0.05) is 0 Å². The van der Waals surface area contributed by atoms with E-state index in [0.29, 0.717) is 35.3 Å². The Balaban J connectivity index is 1.29. The maximum atomic E-state index is 14.1. The van der Waals surface area contributed by atoms with Crippen LogP contribution in [0.5, 0.6) is 0 Å². The van der Waals surface area contributed by atoms with Gasteiger partial charge in [0.15, 0.2) is 23.1 Å². The predicted molar refractivity (Wildman–Crippen MR) is 141 cm³/mol. The number of benzene rings is 2. The molecule has 2 fully saturated rings. The van der Waals surface area contributed by atoms with E-state index in [0.717, 1.165) is 12.1 Å². The highest BCUT2D eigenvalue weighted by molar-refractivity contribution is 5.96. The molecule has 12 heteroatoms. The van der Waals surface area contributed by atoms with Crippen LogP contribution in [-0.4, -0.2) is 56.8 Å². The molecule has 0 radical (unpaired) electrons. The fraction of sp³-hybridized carbons (Fsp3) is 0.241. The lowest BCUT2D eigenvalue weighted by atomic mass is 9.85. The van der Waals surface area contributed by atoms with Crippen molar-refractivity contribution in [3.63, 3.8) is 0 Å². The predicted octanol–water partition coefficient (Wildman–Crippen LogP) is 4.37. The van der Waals surface area contributed by atoms with Crippen LogP contribution in [0.2, 0.25) is 0 Å². The number of amides is 2. The molecule has 6 rings (SSSR count). The summed E-state index contributed by atoms with van der Waals surface area (Å²) in [6, 6.07) is 11.1. The molecular weight excluding hydrogens is 540 g/mol. The van der Waals surface area contributed by atoms with Crippen LogP contribution < -0.4 is 10.2 Å². The Morgan fingerprint density at radius 3 is 2.34 bits per heavy atom. The minimum Gasteiger partial charge on any atom is -0.339 e. The van der Waals surface area contributed by atoms with Crippen LogP contribution in [0.15, 0.2) is 60.9 Å². The zero-order chi connectivity index (χ0) is 28.9. The van der Waals surface area contributed by atoms with Gasteiger partial charge in [-0.25, -0.2) is 22.2 Å². The van der Waals surface area contributed by atoms with Crippen LogP contribution in [-0.2, 0) is 4.79 Å². The fourth-order valence-corrected chi connectivity index (χ4v) is 5.53. The SMILES string of the molecule is Cc1cc(N2CNC(=O)C23CCN(C(=O)c2cc(-c4cccnc4)n(-c4cc(F)c(F)c(F)c4)n2)CC3)ccc1F. The van der Waals surface area contributed by atoms with Gasteiger partial charge in [-0.05, 0) is 61.7 Å². The second kappa shape index (κ2) is 10.0. The van der Waals surface area contributed by atoms with Crippen LogP contribution in [0.25, 0.3) is 16.9 Å². The molecule has 2 aromatic carbocycles. The van der Waals surface area contributed by atoms with Crippen molar-refractivity contribution >= 4 is 17.5 Å². The van der Waals surface area contributed by atoms with Crippen molar-refractivity contribution in [3.8, 4) is 16.9 Å². The lowest BCUT2D eigenvalue weighted by molar-refractivity contribution is -0.124. The maximum absolute atomic E-state index is 14.1. The van der Waals surface area contributed by atoms with Gasteiger partial charge < -0.3 is 15.1 Å². The van der Waals surface area contributed by atoms with Gasteiger partial charge in [-0.2, -0.15) is 5.10 Å². The molecule has 1 N–H and O–H groups in total. The number of nitrogens with one attached hydrogen (secondary N) is 1. The summed E-state index contributed by atoms with van der Waals surface area (Å²) in [7, 11) is 0. The van der Waals surface area contributed by atoms with Crippen molar-refractivity contribution in [2.75, 3.05) is 24.7 Å². The van der Waals surface area contributed by atoms with Crippen molar-refractivity contribution in [2.45, 2.75) is 25.3 Å². The molecule has 0 unspecified atom stereocenters. The molecule has 41 heavy (non-hydrogen) atoms. The summed E-state index contributed by atoms with van der Waals surface area (Å²) in [5, 5.41) is 7.22. The quantitative estimate of drug-likeness (QED) is 0.294. The van der Waals surface area contributed by atoms with E-state index in [1.54, 1.807) is 42.3 Å². The number of carbonyl (C=O) groups excluding carboxylic acids is 2. The van der Waals surface area contributed by atoms with Gasteiger partial charge in [-0.15, -0.1) is 0 Å². The van der Waals surface area contributed by atoms with Crippen molar-refractivity contribution in [1.82, 2.24) is 25.0 Å². The number of rotatable bonds is 4. The van der Waals surface area contributed by atoms with E-state index < -0.39 is 28.9 Å². The zero-order valence-corrected chi connectivity index (χ0v) is 21.9. The molecule has 210 valence electrons. The van der Waals surface area contributed by atoms with Gasteiger partial charge in [0.25, 0.3) is 5.91 Å². The highest BCUT2D eigenvalue weighted by atomic mass is 19.2. The Hall–Kier alpha value is -4.74. The molecule has 8 nitrogen and oxygen atoms in total. The third-order valence-corrected chi connectivity index (χ3v) is 7.77. The number of nitrogens with zero attached hydrogens (tertiary/aromatic N) is 5. The second-order valence-electron chi connectivity index (χ2n) is 10.1. The average Bonchev–Trinajstić information content (AvgIpc) is 3.56. The van der Waals surface area contributed by atoms with Crippen LogP contribution in [0.3, 0.4) is 0 Å². The Morgan fingerprint density at radius 2 is 1.68 bits per heavy atom. The molecule has 0 atom stereocenters. The van der Waals surface area contributed by atoms with Gasteiger partial charge in [0, 0.05) is 48.9 Å². The normalized spacial score (nSPS) is 16.4. The summed E-state index contributed by atoms with van der Waals surface area (Å²) in [4.78, 5) is 34.2. The third kappa shape index (κ3) is 4.48. The number of anilines is 1. The van der Waals surface area contributed by atoms with Gasteiger partial charge in [0.05, 0.1) is 18.1 Å². The molecule has 0 bridgehead atoms. The van der Waals surface area contributed by atoms with Crippen LogP contribution in [0, 0.1) is 30.2 Å². The standard InChI is InChI=1S/C29H24F4N6O2/c1-17-11-19(4-5-21(17)30)38-16-35-28(41)29(38)6-9-37(10-7-29)27(40)24-14-25(18-3-2-8-34-15-18)39(36-24)20-12-22(31)26(33)23(32)13-20/h2-5,8,11-15H,6-7,9-10,16H2,1H3,(H,35,41). The number of pyridine rings is 1. The molecule has 0 aliphatic carbocycles. The maximum Gasteiger partial charge on any atom is 0.274 e. The Morgan fingerprint density at radius 1 is 0.951 bits per heavy atom. The Labute approximate surface area is 232 Å². The van der Waals surface area contributed by atoms with Gasteiger partial charge in [0.1, 0.15) is 11.4 Å². The first-order chi connectivity index (χ1) is 19.7. The van der Waals surface area contributed by atoms with Gasteiger partial charge >= 0.3 is 0 Å². The molecule has 2 aromatic heterocycles. The molecule has 4 aromatic rings. The largest absolute Gasteiger partial charge is 0.339 e. The van der Waals surface area contributed by atoms with E-state index in [4.69, 9.17) is 0 Å². The highest BCUT2D eigenvalue weighted by Crippen LogP contribution is 2.37. The second-order valence-corrected chi connectivity index (χ2v) is 10.1. The fourth-order valence-electron chi connectivity index (χ4n) is 5.53. The van der Waals surface area contributed by atoms with E-state index in [1.807, 2.05) is 4.90 Å². The van der Waals surface area contributed by atoms with Crippen molar-refractivity contribution in [2.24, 2.45) is 0 Å². The van der Waals surface area contributed by atoms with E-state index in [-0.39, 0.29) is 42.9 Å². The molecule has 1 spiro atoms. The molecule has 4 heterocycles. The van der Waals surface area contributed by atoms with Crippen molar-refractivity contribution in [1.29, 1.82) is 0 Å². The molecule has 0 saturated carbocycles. The van der Waals surface area contributed by atoms with Crippen LogP contribution in [0.1, 0.15) is 28.9 Å². The van der Waals surface area contributed by atoms with Crippen LogP contribution >= 0.6 is 0 Å². The summed E-state index contributed by atoms with van der Waals surface area (Å²) in [6.07, 6.45) is 3.71. The first-order valence-electron chi connectivity index (χ1n) is 12.9. The first-order valence-corrected chi connectivity index (χ1v) is 12.9. The summed E-state index contributed by atoms with van der Waals surface area (Å²) in [5.41, 5.74) is 1.02. The average molecular weight is 565 g/mol. The number of piperidine rings is 1. The molecule has 2 aliphatic heterocycles. The van der Waals surface area contributed by atoms with E-state index >= 15 is 0 Å². The smallest absolute Gasteiger partial charge is 0.274 e. The number of carbonyl (C=O) groups is 2. The number of halogens is 4. The van der Waals surface area contributed by atoms with Gasteiger partial charge in [0.2, 0.25) is 5.91 Å². The van der Waals surface area contributed by atoms with E-state index in [2.05, 4.69) is 15.4 Å². The first kappa shape index (κ1) is 26.5. The van der Waals surface area contributed by atoms with E-state index in [1.165, 1.54) is 23.0 Å². The monoisotopic (exact) mass is 564 g/mol. The Bertz CT molecular complexity index is 1640. The summed E-state index contributed by atoms with van der Waals surface area (Å²) >= 11 is 0. The zero-order valence-electron chi connectivity index (χ0n) is 21.9. The van der Waals surface area contributed by atoms with Crippen molar-refractivity contribution < 1.29 is 27.2 Å². The van der Waals surface area contributed by atoms with Crippen LogP contribution in [0.4, 0.5) is 23.2 Å². The summed E-state index contributed by atoms with van der Waals surface area (Å²) in [6.45, 7) is 2.39. The third-order valence-electron chi connectivity index (χ3n) is 7.77. The molecule has 2 aliphatic rings. The number of likely N-dealkylation sites (tertiary alicyclic amines) is 1. The lowest BCUT2D eigenvalue weighted by Crippen LogP contribution is -2.57. The number of hydrogen-bond acceptors (Lipinski definition) is 5. The number of hydrogen-bond donors (Lipinski definition) is 1. The molecule has 2 saturated heterocycles. The lowest BCUT2D eigenvalue weighted by Gasteiger charge is -2.43. The van der Waals surface area contributed by atoms with E-state index in [9.17, 15) is 27.2 Å².